The zero-order valence-electron chi connectivity index (χ0n) is 20.9. The van der Waals surface area contributed by atoms with E-state index in [-0.39, 0.29) is 11.4 Å². The molecule has 0 spiro atoms. The summed E-state index contributed by atoms with van der Waals surface area (Å²) in [6, 6.07) is 13.2. The lowest BCUT2D eigenvalue weighted by Gasteiger charge is -2.20. The van der Waals surface area contributed by atoms with Crippen molar-refractivity contribution in [1.82, 2.24) is 5.01 Å². The van der Waals surface area contributed by atoms with Gasteiger partial charge in [0.25, 0.3) is 5.91 Å². The van der Waals surface area contributed by atoms with Crippen LogP contribution >= 0.6 is 11.8 Å². The van der Waals surface area contributed by atoms with Crippen molar-refractivity contribution in [2.45, 2.75) is 34.1 Å². The van der Waals surface area contributed by atoms with Gasteiger partial charge in [-0.05, 0) is 66.9 Å². The number of ether oxygens (including phenoxy) is 3. The van der Waals surface area contributed by atoms with Crippen LogP contribution in [0.4, 0.5) is 0 Å². The number of hydrazone groups is 1. The van der Waals surface area contributed by atoms with E-state index in [1.165, 1.54) is 16.8 Å². The highest BCUT2D eigenvalue weighted by atomic mass is 32.2. The zero-order chi connectivity index (χ0) is 25.7. The molecule has 9 heteroatoms. The van der Waals surface area contributed by atoms with Crippen molar-refractivity contribution < 1.29 is 19.0 Å². The molecule has 0 bridgehead atoms. The molecule has 2 aromatic carbocycles. The molecular weight excluding hydrogens is 476 g/mol. The van der Waals surface area contributed by atoms with Crippen LogP contribution < -0.4 is 14.2 Å². The molecule has 2 heterocycles. The number of aliphatic imine (C=N–C) groups is 1. The first-order valence-electron chi connectivity index (χ1n) is 11.9. The number of thioether (sulfide) groups is 1. The Morgan fingerprint density at radius 2 is 1.81 bits per heavy atom. The smallest absolute Gasteiger partial charge is 0.283 e. The summed E-state index contributed by atoms with van der Waals surface area (Å²) in [5.41, 5.74) is 1.95. The predicted octanol–water partition coefficient (Wildman–Crippen LogP) is 5.52. The highest BCUT2D eigenvalue weighted by molar-refractivity contribution is 8.26. The molecule has 1 amide bonds. The molecule has 0 atom stereocenters. The number of carbonyl (C=O) groups excluding carboxylic acids is 1. The van der Waals surface area contributed by atoms with E-state index in [4.69, 9.17) is 19.6 Å². The number of amidine groups is 2. The van der Waals surface area contributed by atoms with Crippen molar-refractivity contribution in [2.24, 2.45) is 16.0 Å². The maximum absolute atomic E-state index is 12.7. The zero-order valence-corrected chi connectivity index (χ0v) is 21.7. The predicted molar refractivity (Wildman–Crippen MR) is 144 cm³/mol. The van der Waals surface area contributed by atoms with Crippen LogP contribution in [0.5, 0.6) is 17.2 Å². The van der Waals surface area contributed by atoms with Crippen LogP contribution in [-0.2, 0) is 4.79 Å². The molecule has 8 nitrogen and oxygen atoms in total. The Hall–Kier alpha value is -3.59. The molecule has 0 aliphatic carbocycles. The van der Waals surface area contributed by atoms with Gasteiger partial charge in [-0.3, -0.25) is 10.2 Å². The van der Waals surface area contributed by atoms with Gasteiger partial charge >= 0.3 is 0 Å². The van der Waals surface area contributed by atoms with E-state index in [1.807, 2.05) is 44.2 Å². The van der Waals surface area contributed by atoms with Gasteiger partial charge in [0.15, 0.2) is 17.3 Å². The second-order valence-electron chi connectivity index (χ2n) is 8.71. The minimum absolute atomic E-state index is 0.0166. The summed E-state index contributed by atoms with van der Waals surface area (Å²) in [7, 11) is 0. The maximum Gasteiger partial charge on any atom is 0.283 e. The largest absolute Gasteiger partial charge is 0.490 e. The molecule has 0 aromatic heterocycles. The Kier molecular flexibility index (Phi) is 8.10. The summed E-state index contributed by atoms with van der Waals surface area (Å²) in [6.07, 6.45) is 2.41. The molecule has 0 saturated carbocycles. The van der Waals surface area contributed by atoms with E-state index < -0.39 is 5.91 Å². The molecular formula is C27H30N4O4S. The number of amides is 1. The number of carbonyl (C=O) groups is 1. The summed E-state index contributed by atoms with van der Waals surface area (Å²) in [4.78, 5) is 16.9. The standard InChI is InChI=1S/C27H30N4O4S/c1-5-33-23-16-19(10-11-22(23)35-13-12-34-21-9-7-6-8-18(21)4)15-20-25(28)31-27(29-26(20)32)36-24(30-31)14-17(2)3/h6-11,15-17,28H,5,12-14H2,1-4H3/b20-15+,28-25?. The summed E-state index contributed by atoms with van der Waals surface area (Å²) >= 11 is 1.35. The van der Waals surface area contributed by atoms with Gasteiger partial charge in [0.05, 0.1) is 12.2 Å². The van der Waals surface area contributed by atoms with Gasteiger partial charge < -0.3 is 14.2 Å². The Labute approximate surface area is 215 Å². The van der Waals surface area contributed by atoms with Gasteiger partial charge in [0.1, 0.15) is 24.0 Å². The topological polar surface area (TPSA) is 96.6 Å². The van der Waals surface area contributed by atoms with Gasteiger partial charge in [-0.2, -0.15) is 15.1 Å². The van der Waals surface area contributed by atoms with Gasteiger partial charge in [-0.15, -0.1) is 0 Å². The van der Waals surface area contributed by atoms with Crippen LogP contribution in [0, 0.1) is 18.3 Å². The minimum Gasteiger partial charge on any atom is -0.490 e. The van der Waals surface area contributed by atoms with E-state index in [1.54, 1.807) is 18.2 Å². The fourth-order valence-corrected chi connectivity index (χ4v) is 4.75. The van der Waals surface area contributed by atoms with Crippen molar-refractivity contribution in [3.63, 3.8) is 0 Å². The number of nitrogens with one attached hydrogen (secondary N) is 1. The highest BCUT2D eigenvalue weighted by Gasteiger charge is 2.35. The van der Waals surface area contributed by atoms with Crippen LogP contribution in [0.1, 0.15) is 38.3 Å². The number of aryl methyl sites for hydroxylation is 1. The van der Waals surface area contributed by atoms with E-state index in [9.17, 15) is 4.79 Å². The number of hydrogen-bond donors (Lipinski definition) is 1. The number of rotatable bonds is 10. The number of nitrogens with zero attached hydrogens (tertiary/aromatic N) is 3. The fraction of sp³-hybridized carbons (Fsp3) is 0.333. The average molecular weight is 507 g/mol. The number of benzene rings is 2. The Balaban J connectivity index is 1.47. The summed E-state index contributed by atoms with van der Waals surface area (Å²) in [6.45, 7) is 9.29. The van der Waals surface area contributed by atoms with E-state index in [2.05, 4.69) is 23.9 Å². The van der Waals surface area contributed by atoms with Crippen LogP contribution in [0.25, 0.3) is 6.08 Å². The van der Waals surface area contributed by atoms with Crippen LogP contribution in [0.2, 0.25) is 0 Å². The molecule has 2 aliphatic heterocycles. The second-order valence-corrected chi connectivity index (χ2v) is 9.75. The maximum atomic E-state index is 12.7. The Bertz CT molecular complexity index is 1250. The molecule has 0 fully saturated rings. The molecule has 0 radical (unpaired) electrons. The van der Waals surface area contributed by atoms with E-state index >= 15 is 0 Å². The van der Waals surface area contributed by atoms with Crippen molar-refractivity contribution in [3.8, 4) is 17.2 Å². The third kappa shape index (κ3) is 5.96. The van der Waals surface area contributed by atoms with Crippen molar-refractivity contribution in [3.05, 3.63) is 59.2 Å². The quantitative estimate of drug-likeness (QED) is 0.337. The van der Waals surface area contributed by atoms with Crippen molar-refractivity contribution in [2.75, 3.05) is 19.8 Å². The van der Waals surface area contributed by atoms with Gasteiger partial charge in [-0.1, -0.05) is 38.1 Å². The Morgan fingerprint density at radius 1 is 1.06 bits per heavy atom. The third-order valence-corrected chi connectivity index (χ3v) is 6.28. The van der Waals surface area contributed by atoms with Crippen LogP contribution in [0.3, 0.4) is 0 Å². The SMILES string of the molecule is CCOc1cc(/C=C2\C(=N)N3N=C(CC(C)C)SC3=NC2=O)ccc1OCCOc1ccccc1C. The van der Waals surface area contributed by atoms with E-state index in [0.717, 1.165) is 22.8 Å². The summed E-state index contributed by atoms with van der Waals surface area (Å²) < 4.78 is 17.5. The molecule has 1 N–H and O–H groups in total. The third-order valence-electron chi connectivity index (χ3n) is 5.35. The molecule has 188 valence electrons. The first-order chi connectivity index (χ1) is 17.4. The fourth-order valence-electron chi connectivity index (χ4n) is 3.65. The summed E-state index contributed by atoms with van der Waals surface area (Å²) in [5, 5.41) is 15.8. The van der Waals surface area contributed by atoms with Gasteiger partial charge in [0, 0.05) is 6.42 Å². The average Bonchev–Trinajstić information content (AvgIpc) is 3.23. The minimum atomic E-state index is -0.452. The van der Waals surface area contributed by atoms with Crippen LogP contribution in [-0.4, -0.2) is 46.8 Å². The van der Waals surface area contributed by atoms with Crippen LogP contribution in [0.15, 0.2) is 58.1 Å². The lowest BCUT2D eigenvalue weighted by atomic mass is 10.1. The molecule has 36 heavy (non-hydrogen) atoms. The molecule has 0 saturated heterocycles. The van der Waals surface area contributed by atoms with E-state index in [0.29, 0.717) is 48.0 Å². The van der Waals surface area contributed by atoms with Gasteiger partial charge in [0.2, 0.25) is 5.17 Å². The molecule has 2 aliphatic rings. The molecule has 2 aromatic rings. The monoisotopic (exact) mass is 506 g/mol. The lowest BCUT2D eigenvalue weighted by Crippen LogP contribution is -2.35. The molecule has 0 unspecified atom stereocenters. The molecule has 4 rings (SSSR count). The normalized spacial score (nSPS) is 16.2. The van der Waals surface area contributed by atoms with Gasteiger partial charge in [-0.25, -0.2) is 0 Å². The first-order valence-corrected chi connectivity index (χ1v) is 12.7. The lowest BCUT2D eigenvalue weighted by molar-refractivity contribution is -0.114. The number of fused-ring (bicyclic) bond motifs is 1. The number of hydrogen-bond acceptors (Lipinski definition) is 7. The highest BCUT2D eigenvalue weighted by Crippen LogP contribution is 2.33. The van der Waals surface area contributed by atoms with Crippen molar-refractivity contribution >= 4 is 39.8 Å². The first kappa shape index (κ1) is 25.5. The van der Waals surface area contributed by atoms with Crippen molar-refractivity contribution in [1.29, 1.82) is 5.41 Å². The summed E-state index contributed by atoms with van der Waals surface area (Å²) in [5.74, 6) is 1.95. The second kappa shape index (κ2) is 11.4. The number of para-hydroxylation sites is 1. The Morgan fingerprint density at radius 3 is 2.53 bits per heavy atom.